The molecule has 1 aromatic rings. The number of carboxylic acids is 1. The van der Waals surface area contributed by atoms with Crippen molar-refractivity contribution < 1.29 is 29.2 Å². The van der Waals surface area contributed by atoms with Gasteiger partial charge in [-0.2, -0.15) is 9.78 Å². The molecule has 160 valence electrons. The molecule has 1 aromatic carbocycles. The number of hydrogen-bond acceptors (Lipinski definition) is 5. The number of carbonyl (C=O) groups is 2. The summed E-state index contributed by atoms with van der Waals surface area (Å²) in [5.41, 5.74) is 0.259. The van der Waals surface area contributed by atoms with Crippen molar-refractivity contribution in [3.05, 3.63) is 35.4 Å². The fraction of sp³-hybridized carbons (Fsp3) is 0.652. The first-order valence-electron chi connectivity index (χ1n) is 11.2. The SMILES string of the molecule is O=C(O)c1ccccc1C(=O)N1CCC2(CC1)OOC1(O2)C2CC3CC(C2)CC1C3. The summed E-state index contributed by atoms with van der Waals surface area (Å²) in [4.78, 5) is 38.1. The third kappa shape index (κ3) is 2.68. The fourth-order valence-corrected chi connectivity index (χ4v) is 6.87. The van der Waals surface area contributed by atoms with E-state index >= 15 is 0 Å². The molecule has 6 fully saturated rings. The van der Waals surface area contributed by atoms with Gasteiger partial charge in [0.1, 0.15) is 0 Å². The van der Waals surface area contributed by atoms with Gasteiger partial charge < -0.3 is 14.7 Å². The monoisotopic (exact) mass is 413 g/mol. The van der Waals surface area contributed by atoms with Gasteiger partial charge in [0.2, 0.25) is 11.6 Å². The van der Waals surface area contributed by atoms with E-state index in [9.17, 15) is 14.7 Å². The van der Waals surface area contributed by atoms with Crippen molar-refractivity contribution in [3.63, 3.8) is 0 Å². The molecule has 6 aliphatic rings. The standard InChI is InChI=1S/C23H27NO6/c25-20(18-3-1-2-4-19(18)21(26)27)24-7-5-22(6-8-24)28-23(30-29-22)16-10-14-9-15(12-16)13-17(23)11-14/h1-4,14-17H,5-13H2,(H,26,27). The first-order chi connectivity index (χ1) is 14.5. The second-order valence-electron chi connectivity index (χ2n) is 9.85. The lowest BCUT2D eigenvalue weighted by Gasteiger charge is -2.57. The third-order valence-electron chi connectivity index (χ3n) is 8.15. The topological polar surface area (TPSA) is 85.3 Å². The van der Waals surface area contributed by atoms with E-state index in [1.807, 2.05) is 0 Å². The van der Waals surface area contributed by atoms with E-state index in [1.165, 1.54) is 38.2 Å². The Kier molecular flexibility index (Phi) is 4.08. The van der Waals surface area contributed by atoms with Crippen molar-refractivity contribution in [3.8, 4) is 0 Å². The molecule has 0 radical (unpaired) electrons. The number of carboxylic acid groups (broad SMARTS) is 1. The van der Waals surface area contributed by atoms with Gasteiger partial charge in [0.15, 0.2) is 0 Å². The molecular formula is C23H27NO6. The van der Waals surface area contributed by atoms with Crippen molar-refractivity contribution in [1.29, 1.82) is 0 Å². The van der Waals surface area contributed by atoms with E-state index in [-0.39, 0.29) is 17.0 Å². The van der Waals surface area contributed by atoms with Crippen LogP contribution in [0.3, 0.4) is 0 Å². The van der Waals surface area contributed by atoms with Gasteiger partial charge in [-0.05, 0) is 56.1 Å². The smallest absolute Gasteiger partial charge is 0.336 e. The Labute approximate surface area is 175 Å². The van der Waals surface area contributed by atoms with Gasteiger partial charge in [-0.25, -0.2) is 4.79 Å². The molecule has 4 saturated carbocycles. The number of ether oxygens (including phenoxy) is 1. The van der Waals surface area contributed by atoms with E-state index in [2.05, 4.69) is 0 Å². The Balaban J connectivity index is 1.16. The highest BCUT2D eigenvalue weighted by Crippen LogP contribution is 2.63. The van der Waals surface area contributed by atoms with Gasteiger partial charge in [-0.1, -0.05) is 12.1 Å². The Morgan fingerprint density at radius 1 is 0.900 bits per heavy atom. The zero-order valence-electron chi connectivity index (χ0n) is 16.9. The van der Waals surface area contributed by atoms with Crippen LogP contribution in [0.5, 0.6) is 0 Å². The Morgan fingerprint density at radius 3 is 2.10 bits per heavy atom. The molecule has 7 nitrogen and oxygen atoms in total. The van der Waals surface area contributed by atoms with Crippen molar-refractivity contribution >= 4 is 11.9 Å². The molecule has 2 spiro atoms. The van der Waals surface area contributed by atoms with Gasteiger partial charge >= 0.3 is 5.97 Å². The van der Waals surface area contributed by atoms with Crippen molar-refractivity contribution in [2.24, 2.45) is 23.7 Å². The van der Waals surface area contributed by atoms with Crippen molar-refractivity contribution in [2.75, 3.05) is 13.1 Å². The third-order valence-corrected chi connectivity index (χ3v) is 8.15. The predicted molar refractivity (Wildman–Crippen MR) is 104 cm³/mol. The summed E-state index contributed by atoms with van der Waals surface area (Å²) in [5, 5.41) is 9.39. The maximum Gasteiger partial charge on any atom is 0.336 e. The number of rotatable bonds is 2. The average molecular weight is 413 g/mol. The van der Waals surface area contributed by atoms with Gasteiger partial charge in [0.25, 0.3) is 5.91 Å². The van der Waals surface area contributed by atoms with Crippen LogP contribution in [0.25, 0.3) is 0 Å². The summed E-state index contributed by atoms with van der Waals surface area (Å²) in [6.07, 6.45) is 7.10. The predicted octanol–water partition coefficient (Wildman–Crippen LogP) is 3.45. The highest BCUT2D eigenvalue weighted by Gasteiger charge is 2.66. The summed E-state index contributed by atoms with van der Waals surface area (Å²) in [7, 11) is 0. The molecule has 1 amide bonds. The molecule has 2 heterocycles. The van der Waals surface area contributed by atoms with E-state index in [0.717, 1.165) is 11.8 Å². The lowest BCUT2D eigenvalue weighted by Crippen LogP contribution is -2.59. The van der Waals surface area contributed by atoms with Gasteiger partial charge in [-0.3, -0.25) is 4.79 Å². The van der Waals surface area contributed by atoms with Crippen LogP contribution in [-0.4, -0.2) is 46.5 Å². The highest BCUT2D eigenvalue weighted by atomic mass is 17.3. The van der Waals surface area contributed by atoms with Gasteiger partial charge in [0.05, 0.1) is 11.1 Å². The minimum atomic E-state index is -1.09. The minimum absolute atomic E-state index is 0.0343. The first-order valence-corrected chi connectivity index (χ1v) is 11.2. The van der Waals surface area contributed by atoms with E-state index in [0.29, 0.717) is 37.8 Å². The van der Waals surface area contributed by atoms with Crippen LogP contribution in [0.15, 0.2) is 24.3 Å². The van der Waals surface area contributed by atoms with Crippen LogP contribution in [-0.2, 0) is 14.5 Å². The summed E-state index contributed by atoms with van der Waals surface area (Å²) < 4.78 is 6.67. The molecule has 4 bridgehead atoms. The Morgan fingerprint density at radius 2 is 1.50 bits per heavy atom. The van der Waals surface area contributed by atoms with E-state index < -0.39 is 17.5 Å². The number of carbonyl (C=O) groups excluding carboxylic acids is 1. The van der Waals surface area contributed by atoms with Gasteiger partial charge in [0, 0.05) is 37.8 Å². The lowest BCUT2D eigenvalue weighted by molar-refractivity contribution is -0.390. The largest absolute Gasteiger partial charge is 0.478 e. The first kappa shape index (κ1) is 18.8. The maximum absolute atomic E-state index is 13.0. The van der Waals surface area contributed by atoms with E-state index in [1.54, 1.807) is 23.1 Å². The molecule has 4 aliphatic carbocycles. The lowest BCUT2D eigenvalue weighted by atomic mass is 9.53. The molecular weight excluding hydrogens is 386 g/mol. The maximum atomic E-state index is 13.0. The average Bonchev–Trinajstić information content (AvgIpc) is 3.11. The molecule has 0 atom stereocenters. The highest BCUT2D eigenvalue weighted by molar-refractivity contribution is 6.04. The van der Waals surface area contributed by atoms with Crippen LogP contribution >= 0.6 is 0 Å². The van der Waals surface area contributed by atoms with Crippen molar-refractivity contribution in [2.45, 2.75) is 56.5 Å². The second-order valence-corrected chi connectivity index (χ2v) is 9.85. The number of aromatic carboxylic acids is 1. The summed E-state index contributed by atoms with van der Waals surface area (Å²) in [5.74, 6) is -0.288. The summed E-state index contributed by atoms with van der Waals surface area (Å²) in [6.45, 7) is 0.902. The second kappa shape index (κ2) is 6.52. The summed E-state index contributed by atoms with van der Waals surface area (Å²) in [6, 6.07) is 6.37. The molecule has 30 heavy (non-hydrogen) atoms. The molecule has 7 rings (SSSR count). The summed E-state index contributed by atoms with van der Waals surface area (Å²) >= 11 is 0. The van der Waals surface area contributed by atoms with Crippen LogP contribution in [0.2, 0.25) is 0 Å². The zero-order chi connectivity index (χ0) is 20.5. The zero-order valence-corrected chi connectivity index (χ0v) is 16.9. The number of benzene rings is 1. The van der Waals surface area contributed by atoms with Crippen LogP contribution in [0.1, 0.15) is 65.7 Å². The Hall–Kier alpha value is -1.96. The molecule has 7 heteroatoms. The van der Waals surface area contributed by atoms with Crippen LogP contribution in [0.4, 0.5) is 0 Å². The number of hydrogen-bond donors (Lipinski definition) is 1. The van der Waals surface area contributed by atoms with E-state index in [4.69, 9.17) is 14.5 Å². The van der Waals surface area contributed by atoms with Crippen LogP contribution < -0.4 is 0 Å². The number of nitrogens with zero attached hydrogens (tertiary/aromatic N) is 1. The Bertz CT molecular complexity index is 861. The van der Waals surface area contributed by atoms with Crippen molar-refractivity contribution in [1.82, 2.24) is 4.90 Å². The fourth-order valence-electron chi connectivity index (χ4n) is 6.87. The number of amides is 1. The molecule has 2 saturated heterocycles. The van der Waals surface area contributed by atoms with Gasteiger partial charge in [-0.15, -0.1) is 0 Å². The molecule has 2 aliphatic heterocycles. The quantitative estimate of drug-likeness (QED) is 0.748. The molecule has 0 aromatic heterocycles. The van der Waals surface area contributed by atoms with Crippen LogP contribution in [0, 0.1) is 23.7 Å². The minimum Gasteiger partial charge on any atom is -0.478 e. The number of piperidine rings is 1. The normalized spacial score (nSPS) is 38.5. The molecule has 1 N–H and O–H groups in total. The number of likely N-dealkylation sites (tertiary alicyclic amines) is 1. The molecule has 0 unspecified atom stereocenters.